The molecule has 7 nitrogen and oxygen atoms in total. The Labute approximate surface area is 156 Å². The number of nitrogens with one attached hydrogen (secondary N) is 3. The molecule has 7 heteroatoms. The minimum atomic E-state index is -0.304. The fraction of sp³-hybridized carbons (Fsp3) is 0.250. The molecule has 1 aliphatic rings. The van der Waals surface area contributed by atoms with Crippen molar-refractivity contribution in [2.75, 3.05) is 6.54 Å². The van der Waals surface area contributed by atoms with Gasteiger partial charge in [0.1, 0.15) is 6.04 Å². The molecule has 2 aromatic carbocycles. The van der Waals surface area contributed by atoms with Crippen LogP contribution in [0.3, 0.4) is 0 Å². The van der Waals surface area contributed by atoms with Crippen LogP contribution in [0.2, 0.25) is 0 Å². The lowest BCUT2D eigenvalue weighted by atomic mass is 10.0. The van der Waals surface area contributed by atoms with Crippen molar-refractivity contribution in [1.82, 2.24) is 25.7 Å². The summed E-state index contributed by atoms with van der Waals surface area (Å²) in [7, 11) is 0. The number of carbonyl (C=O) groups is 1. The first-order chi connectivity index (χ1) is 13.2. The predicted molar refractivity (Wildman–Crippen MR) is 103 cm³/mol. The van der Waals surface area contributed by atoms with Gasteiger partial charge in [-0.1, -0.05) is 42.5 Å². The molecule has 1 aromatic heterocycles. The number of hydrogen-bond acceptors (Lipinski definition) is 5. The molecular formula is C20H21N5O2. The molecule has 0 saturated carbocycles. The molecule has 4 rings (SSSR count). The predicted octanol–water partition coefficient (Wildman–Crippen LogP) is 1.12. The fourth-order valence-corrected chi connectivity index (χ4v) is 3.32. The molecule has 138 valence electrons. The van der Waals surface area contributed by atoms with Gasteiger partial charge in [-0.05, 0) is 24.1 Å². The third-order valence-electron chi connectivity index (χ3n) is 4.81. The van der Waals surface area contributed by atoms with E-state index in [1.165, 1.54) is 10.9 Å². The topological polar surface area (TPSA) is 88.0 Å². The lowest BCUT2D eigenvalue weighted by Crippen LogP contribution is -2.44. The monoisotopic (exact) mass is 363 g/mol. The van der Waals surface area contributed by atoms with Crippen LogP contribution in [0, 0.1) is 0 Å². The highest BCUT2D eigenvalue weighted by Crippen LogP contribution is 2.21. The number of nitrogens with zero attached hydrogens (tertiary/aromatic N) is 2. The molecule has 0 spiro atoms. The summed E-state index contributed by atoms with van der Waals surface area (Å²) in [5.41, 5.74) is 7.94. The molecule has 2 unspecified atom stereocenters. The van der Waals surface area contributed by atoms with Crippen molar-refractivity contribution in [3.05, 3.63) is 76.8 Å². The van der Waals surface area contributed by atoms with Crippen molar-refractivity contribution in [2.24, 2.45) is 0 Å². The molecule has 27 heavy (non-hydrogen) atoms. The number of hydrazine groups is 1. The van der Waals surface area contributed by atoms with Crippen LogP contribution in [0.5, 0.6) is 0 Å². The third kappa shape index (κ3) is 3.74. The number of para-hydroxylation sites is 1. The SMILES string of the molecule is O=C(NCCn1cnc2ccccc2c1=O)C1CC(c2ccccc2)NN1. The van der Waals surface area contributed by atoms with Crippen molar-refractivity contribution in [2.45, 2.75) is 25.0 Å². The maximum Gasteiger partial charge on any atom is 0.261 e. The molecule has 1 fully saturated rings. The first-order valence-corrected chi connectivity index (χ1v) is 9.00. The molecule has 3 N–H and O–H groups in total. The molecule has 2 atom stereocenters. The van der Waals surface area contributed by atoms with Crippen LogP contribution in [-0.4, -0.2) is 28.0 Å². The summed E-state index contributed by atoms with van der Waals surface area (Å²) in [6, 6.07) is 17.1. The Morgan fingerprint density at radius 2 is 1.89 bits per heavy atom. The van der Waals surface area contributed by atoms with Crippen LogP contribution in [0.25, 0.3) is 10.9 Å². The van der Waals surface area contributed by atoms with Crippen molar-refractivity contribution in [3.63, 3.8) is 0 Å². The van der Waals surface area contributed by atoms with Crippen LogP contribution >= 0.6 is 0 Å². The number of benzene rings is 2. The Balaban J connectivity index is 1.33. The number of hydrogen-bond donors (Lipinski definition) is 3. The van der Waals surface area contributed by atoms with E-state index >= 15 is 0 Å². The summed E-state index contributed by atoms with van der Waals surface area (Å²) in [4.78, 5) is 29.1. The minimum absolute atomic E-state index is 0.0808. The molecule has 2 heterocycles. The highest BCUT2D eigenvalue weighted by Gasteiger charge is 2.29. The molecule has 1 saturated heterocycles. The quantitative estimate of drug-likeness (QED) is 0.632. The Morgan fingerprint density at radius 1 is 1.11 bits per heavy atom. The number of rotatable bonds is 5. The van der Waals surface area contributed by atoms with E-state index in [2.05, 4.69) is 21.2 Å². The van der Waals surface area contributed by atoms with E-state index in [-0.39, 0.29) is 23.6 Å². The van der Waals surface area contributed by atoms with Crippen molar-refractivity contribution < 1.29 is 4.79 Å². The summed E-state index contributed by atoms with van der Waals surface area (Å²) >= 11 is 0. The summed E-state index contributed by atoms with van der Waals surface area (Å²) in [6.07, 6.45) is 2.20. The van der Waals surface area contributed by atoms with E-state index in [0.29, 0.717) is 30.4 Å². The number of amides is 1. The van der Waals surface area contributed by atoms with Gasteiger partial charge in [-0.2, -0.15) is 0 Å². The Hall–Kier alpha value is -3.03. The van der Waals surface area contributed by atoms with Gasteiger partial charge in [0.25, 0.3) is 5.56 Å². The van der Waals surface area contributed by atoms with Crippen molar-refractivity contribution >= 4 is 16.8 Å². The van der Waals surface area contributed by atoms with E-state index in [1.807, 2.05) is 48.5 Å². The van der Waals surface area contributed by atoms with E-state index in [0.717, 1.165) is 5.56 Å². The maximum atomic E-state index is 12.4. The van der Waals surface area contributed by atoms with Crippen LogP contribution in [0.4, 0.5) is 0 Å². The molecule has 1 aliphatic heterocycles. The first-order valence-electron chi connectivity index (χ1n) is 9.00. The van der Waals surface area contributed by atoms with Crippen molar-refractivity contribution in [1.29, 1.82) is 0 Å². The lowest BCUT2D eigenvalue weighted by molar-refractivity contribution is -0.122. The second-order valence-electron chi connectivity index (χ2n) is 6.59. The minimum Gasteiger partial charge on any atom is -0.353 e. The van der Waals surface area contributed by atoms with E-state index in [1.54, 1.807) is 6.07 Å². The molecule has 0 bridgehead atoms. The van der Waals surface area contributed by atoms with Gasteiger partial charge in [-0.25, -0.2) is 15.8 Å². The maximum absolute atomic E-state index is 12.4. The molecule has 0 radical (unpaired) electrons. The summed E-state index contributed by atoms with van der Waals surface area (Å²) in [6.45, 7) is 0.748. The second-order valence-corrected chi connectivity index (χ2v) is 6.59. The van der Waals surface area contributed by atoms with Crippen LogP contribution in [-0.2, 0) is 11.3 Å². The number of aromatic nitrogens is 2. The number of carbonyl (C=O) groups excluding carboxylic acids is 1. The highest BCUT2D eigenvalue weighted by atomic mass is 16.2. The lowest BCUT2D eigenvalue weighted by Gasteiger charge is -2.12. The molecule has 3 aromatic rings. The largest absolute Gasteiger partial charge is 0.353 e. The summed E-state index contributed by atoms with van der Waals surface area (Å²) in [5.74, 6) is -0.0808. The van der Waals surface area contributed by atoms with Crippen LogP contribution < -0.4 is 21.7 Å². The van der Waals surface area contributed by atoms with Gasteiger partial charge in [0, 0.05) is 19.1 Å². The zero-order chi connectivity index (χ0) is 18.6. The van der Waals surface area contributed by atoms with Gasteiger partial charge >= 0.3 is 0 Å². The average Bonchev–Trinajstić information content (AvgIpc) is 3.21. The van der Waals surface area contributed by atoms with E-state index in [9.17, 15) is 9.59 Å². The van der Waals surface area contributed by atoms with Gasteiger partial charge in [-0.15, -0.1) is 0 Å². The average molecular weight is 363 g/mol. The molecule has 0 aliphatic carbocycles. The smallest absolute Gasteiger partial charge is 0.261 e. The Kier molecular flexibility index (Phi) is 4.95. The normalized spacial score (nSPS) is 19.3. The van der Waals surface area contributed by atoms with Gasteiger partial charge in [0.15, 0.2) is 0 Å². The van der Waals surface area contributed by atoms with Crippen LogP contribution in [0.15, 0.2) is 65.7 Å². The summed E-state index contributed by atoms with van der Waals surface area (Å²) < 4.78 is 1.52. The van der Waals surface area contributed by atoms with E-state index < -0.39 is 0 Å². The van der Waals surface area contributed by atoms with Crippen LogP contribution in [0.1, 0.15) is 18.0 Å². The van der Waals surface area contributed by atoms with E-state index in [4.69, 9.17) is 0 Å². The Bertz CT molecular complexity index is 1000. The van der Waals surface area contributed by atoms with Crippen molar-refractivity contribution in [3.8, 4) is 0 Å². The fourth-order valence-electron chi connectivity index (χ4n) is 3.32. The van der Waals surface area contributed by atoms with Gasteiger partial charge < -0.3 is 5.32 Å². The zero-order valence-electron chi connectivity index (χ0n) is 14.8. The summed E-state index contributed by atoms with van der Waals surface area (Å²) in [5, 5.41) is 3.47. The third-order valence-corrected chi connectivity index (χ3v) is 4.81. The zero-order valence-corrected chi connectivity index (χ0v) is 14.8. The second kappa shape index (κ2) is 7.69. The molecular weight excluding hydrogens is 342 g/mol. The van der Waals surface area contributed by atoms with Gasteiger partial charge in [0.2, 0.25) is 5.91 Å². The van der Waals surface area contributed by atoms with Gasteiger partial charge in [-0.3, -0.25) is 14.2 Å². The number of fused-ring (bicyclic) bond motifs is 1. The van der Waals surface area contributed by atoms with Gasteiger partial charge in [0.05, 0.1) is 17.2 Å². The standard InChI is InChI=1S/C20H21N5O2/c26-19(18-12-17(23-24-18)14-6-2-1-3-7-14)21-10-11-25-13-22-16-9-5-4-8-15(16)20(25)27/h1-9,13,17-18,23-24H,10-12H2,(H,21,26). The molecule has 1 amide bonds. The highest BCUT2D eigenvalue weighted by molar-refractivity contribution is 5.82. The first kappa shape index (κ1) is 17.4. The Morgan fingerprint density at radius 3 is 2.74 bits per heavy atom.